The first kappa shape index (κ1) is 22.8. The Morgan fingerprint density at radius 3 is 2.42 bits per heavy atom. The van der Waals surface area contributed by atoms with E-state index in [4.69, 9.17) is 9.47 Å². The van der Waals surface area contributed by atoms with E-state index in [1.807, 2.05) is 37.3 Å². The molecule has 31 heavy (non-hydrogen) atoms. The molecule has 0 aliphatic carbocycles. The fourth-order valence-corrected chi connectivity index (χ4v) is 3.90. The van der Waals surface area contributed by atoms with Gasteiger partial charge in [0.05, 0.1) is 24.8 Å². The molecule has 1 aromatic rings. The molecule has 2 heterocycles. The van der Waals surface area contributed by atoms with Crippen molar-refractivity contribution >= 4 is 12.0 Å². The number of esters is 1. The topological polar surface area (TPSA) is 83.1 Å². The minimum Gasteiger partial charge on any atom is -0.494 e. The summed E-state index contributed by atoms with van der Waals surface area (Å²) < 4.78 is 10.9. The second kappa shape index (κ2) is 11.0. The quantitative estimate of drug-likeness (QED) is 0.463. The molecule has 1 saturated heterocycles. The summed E-state index contributed by atoms with van der Waals surface area (Å²) in [6.45, 7) is 13.2. The first-order valence-corrected chi connectivity index (χ1v) is 10.8. The number of rotatable bonds is 9. The van der Waals surface area contributed by atoms with Crippen LogP contribution >= 0.6 is 0 Å². The molecule has 0 spiro atoms. The smallest absolute Gasteiger partial charge is 0.338 e. The van der Waals surface area contributed by atoms with Gasteiger partial charge in [-0.1, -0.05) is 18.2 Å². The lowest BCUT2D eigenvalue weighted by atomic mass is 9.94. The van der Waals surface area contributed by atoms with Gasteiger partial charge in [-0.15, -0.1) is 6.58 Å². The third kappa shape index (κ3) is 5.86. The fourth-order valence-electron chi connectivity index (χ4n) is 3.90. The van der Waals surface area contributed by atoms with Gasteiger partial charge in [-0.2, -0.15) is 0 Å². The highest BCUT2D eigenvalue weighted by Gasteiger charge is 2.34. The molecule has 1 aromatic carbocycles. The van der Waals surface area contributed by atoms with Crippen LogP contribution in [0.15, 0.2) is 48.2 Å². The lowest BCUT2D eigenvalue weighted by Crippen LogP contribution is -2.51. The second-order valence-electron chi connectivity index (χ2n) is 7.51. The third-order valence-corrected chi connectivity index (χ3v) is 5.41. The highest BCUT2D eigenvalue weighted by atomic mass is 16.5. The summed E-state index contributed by atoms with van der Waals surface area (Å²) in [7, 11) is 0. The number of carbonyl (C=O) groups is 2. The van der Waals surface area contributed by atoms with E-state index >= 15 is 0 Å². The molecular weight excluding hydrogens is 396 g/mol. The van der Waals surface area contributed by atoms with E-state index in [0.29, 0.717) is 24.4 Å². The number of piperazine rings is 1. The normalized spacial score (nSPS) is 20.1. The number of amides is 2. The molecule has 1 atom stereocenters. The Labute approximate surface area is 183 Å². The molecule has 8 heteroatoms. The maximum atomic E-state index is 12.9. The van der Waals surface area contributed by atoms with Gasteiger partial charge in [-0.25, -0.2) is 9.59 Å². The highest BCUT2D eigenvalue weighted by Crippen LogP contribution is 2.29. The summed E-state index contributed by atoms with van der Waals surface area (Å²) in [5, 5.41) is 5.73. The Bertz CT molecular complexity index is 813. The lowest BCUT2D eigenvalue weighted by molar-refractivity contribution is -0.139. The minimum absolute atomic E-state index is 0.264. The first-order chi connectivity index (χ1) is 15.0. The summed E-state index contributed by atoms with van der Waals surface area (Å²) in [5.41, 5.74) is 1.84. The van der Waals surface area contributed by atoms with E-state index in [2.05, 4.69) is 27.0 Å². The molecule has 8 nitrogen and oxygen atoms in total. The van der Waals surface area contributed by atoms with Crippen molar-refractivity contribution in [2.75, 3.05) is 52.5 Å². The van der Waals surface area contributed by atoms with Crippen LogP contribution in [-0.4, -0.2) is 74.3 Å². The average molecular weight is 429 g/mol. The van der Waals surface area contributed by atoms with Gasteiger partial charge in [-0.05, 0) is 31.5 Å². The Balaban J connectivity index is 1.86. The van der Waals surface area contributed by atoms with Crippen molar-refractivity contribution in [1.82, 2.24) is 20.4 Å². The number of nitrogens with one attached hydrogen (secondary N) is 2. The zero-order valence-corrected chi connectivity index (χ0v) is 18.4. The first-order valence-electron chi connectivity index (χ1n) is 10.8. The Hall–Kier alpha value is -2.84. The molecule has 0 bridgehead atoms. The summed E-state index contributed by atoms with van der Waals surface area (Å²) in [5.74, 6) is 0.319. The van der Waals surface area contributed by atoms with Gasteiger partial charge in [0.25, 0.3) is 0 Å². The fraction of sp³-hybridized carbons (Fsp3) is 0.478. The summed E-state index contributed by atoms with van der Waals surface area (Å²) in [6.07, 6.45) is 1.91. The number of hydrogen-bond acceptors (Lipinski definition) is 6. The Kier molecular flexibility index (Phi) is 8.08. The van der Waals surface area contributed by atoms with Crippen LogP contribution in [0.4, 0.5) is 4.79 Å². The number of benzene rings is 1. The molecule has 0 radical (unpaired) electrons. The van der Waals surface area contributed by atoms with Gasteiger partial charge in [0.1, 0.15) is 5.75 Å². The van der Waals surface area contributed by atoms with Crippen LogP contribution in [0.1, 0.15) is 25.5 Å². The second-order valence-corrected chi connectivity index (χ2v) is 7.51. The van der Waals surface area contributed by atoms with Crippen molar-refractivity contribution in [3.63, 3.8) is 0 Å². The monoisotopic (exact) mass is 428 g/mol. The van der Waals surface area contributed by atoms with E-state index in [1.54, 1.807) is 6.92 Å². The maximum Gasteiger partial charge on any atom is 0.338 e. The van der Waals surface area contributed by atoms with Gasteiger partial charge < -0.3 is 20.1 Å². The van der Waals surface area contributed by atoms with E-state index in [1.165, 1.54) is 0 Å². The van der Waals surface area contributed by atoms with E-state index < -0.39 is 12.0 Å². The number of urea groups is 1. The molecule has 2 N–H and O–H groups in total. The van der Waals surface area contributed by atoms with Crippen LogP contribution < -0.4 is 15.4 Å². The third-order valence-electron chi connectivity index (χ3n) is 5.41. The van der Waals surface area contributed by atoms with Gasteiger partial charge in [0, 0.05) is 45.0 Å². The maximum absolute atomic E-state index is 12.9. The lowest BCUT2D eigenvalue weighted by Gasteiger charge is -2.36. The standard InChI is InChI=1S/C23H32N4O4/c1-4-11-26-12-14-27(15-13-26)16-19-20(22(28)31-6-3)21(25-23(29)24-19)17-7-9-18(10-8-17)30-5-2/h4,7-10,21H,1,5-6,11-16H2,2-3H3,(H2,24,25,29). The van der Waals surface area contributed by atoms with Crippen LogP contribution in [0.25, 0.3) is 0 Å². The molecule has 3 rings (SSSR count). The molecule has 0 aromatic heterocycles. The molecule has 1 fully saturated rings. The van der Waals surface area contributed by atoms with Crippen LogP contribution in [0.5, 0.6) is 5.75 Å². The number of hydrogen-bond donors (Lipinski definition) is 2. The van der Waals surface area contributed by atoms with Crippen LogP contribution in [0, 0.1) is 0 Å². The van der Waals surface area contributed by atoms with Crippen LogP contribution in [-0.2, 0) is 9.53 Å². The van der Waals surface area contributed by atoms with Gasteiger partial charge >= 0.3 is 12.0 Å². The van der Waals surface area contributed by atoms with Crippen LogP contribution in [0.2, 0.25) is 0 Å². The molecule has 1 unspecified atom stereocenters. The number of nitrogens with zero attached hydrogens (tertiary/aromatic N) is 2. The van der Waals surface area contributed by atoms with E-state index in [9.17, 15) is 9.59 Å². The van der Waals surface area contributed by atoms with Crippen molar-refractivity contribution in [2.24, 2.45) is 0 Å². The van der Waals surface area contributed by atoms with Crippen molar-refractivity contribution in [3.8, 4) is 5.75 Å². The van der Waals surface area contributed by atoms with Gasteiger partial charge in [0.2, 0.25) is 0 Å². The summed E-state index contributed by atoms with van der Waals surface area (Å²) in [4.78, 5) is 29.9. The van der Waals surface area contributed by atoms with E-state index in [0.717, 1.165) is 44.0 Å². The van der Waals surface area contributed by atoms with Gasteiger partial charge in [-0.3, -0.25) is 9.80 Å². The van der Waals surface area contributed by atoms with Crippen molar-refractivity contribution in [1.29, 1.82) is 0 Å². The predicted molar refractivity (Wildman–Crippen MR) is 119 cm³/mol. The highest BCUT2D eigenvalue weighted by molar-refractivity contribution is 5.95. The van der Waals surface area contributed by atoms with Crippen molar-refractivity contribution < 1.29 is 19.1 Å². The van der Waals surface area contributed by atoms with E-state index in [-0.39, 0.29) is 12.6 Å². The van der Waals surface area contributed by atoms with Crippen molar-refractivity contribution in [2.45, 2.75) is 19.9 Å². The predicted octanol–water partition coefficient (Wildman–Crippen LogP) is 2.06. The molecule has 2 amide bonds. The zero-order chi connectivity index (χ0) is 22.2. The SMILES string of the molecule is C=CCN1CCN(CC2=C(C(=O)OCC)C(c3ccc(OCC)cc3)NC(=O)N2)CC1. The summed E-state index contributed by atoms with van der Waals surface area (Å²) >= 11 is 0. The molecule has 168 valence electrons. The Morgan fingerprint density at radius 1 is 1.13 bits per heavy atom. The molecule has 2 aliphatic rings. The minimum atomic E-state index is -0.583. The zero-order valence-electron chi connectivity index (χ0n) is 18.4. The number of carbonyl (C=O) groups excluding carboxylic acids is 2. The van der Waals surface area contributed by atoms with Gasteiger partial charge in [0.15, 0.2) is 0 Å². The molecule has 2 aliphatic heterocycles. The molecule has 0 saturated carbocycles. The largest absolute Gasteiger partial charge is 0.494 e. The average Bonchev–Trinajstić information content (AvgIpc) is 2.76. The molecular formula is C23H32N4O4. The summed E-state index contributed by atoms with van der Waals surface area (Å²) in [6, 6.07) is 6.51. The van der Waals surface area contributed by atoms with Crippen molar-refractivity contribution in [3.05, 3.63) is 53.8 Å². The van der Waals surface area contributed by atoms with Crippen LogP contribution in [0.3, 0.4) is 0 Å². The Morgan fingerprint density at radius 2 is 1.81 bits per heavy atom. The number of ether oxygens (including phenoxy) is 2.